The van der Waals surface area contributed by atoms with Gasteiger partial charge in [-0.1, -0.05) is 12.5 Å². The van der Waals surface area contributed by atoms with E-state index < -0.39 is 0 Å². The van der Waals surface area contributed by atoms with E-state index in [9.17, 15) is 0 Å². The number of rotatable bonds is 5. The molecular weight excluding hydrogens is 268 g/mol. The summed E-state index contributed by atoms with van der Waals surface area (Å²) in [4.78, 5) is 3.74. The number of hydrogen-bond acceptors (Lipinski definition) is 4. The molecule has 0 aromatic carbocycles. The van der Waals surface area contributed by atoms with E-state index in [0.717, 1.165) is 18.8 Å². The first-order valence-electron chi connectivity index (χ1n) is 7.31. The van der Waals surface area contributed by atoms with E-state index in [2.05, 4.69) is 45.0 Å². The maximum absolute atomic E-state index is 4.19. The van der Waals surface area contributed by atoms with Gasteiger partial charge in [-0.25, -0.2) is 0 Å². The molecule has 3 heterocycles. The van der Waals surface area contributed by atoms with Gasteiger partial charge in [-0.2, -0.15) is 5.10 Å². The van der Waals surface area contributed by atoms with Crippen molar-refractivity contribution in [2.75, 3.05) is 20.1 Å². The highest BCUT2D eigenvalue weighted by molar-refractivity contribution is 7.13. The second-order valence-electron chi connectivity index (χ2n) is 5.51. The molecule has 3 rings (SSSR count). The third-order valence-electron chi connectivity index (χ3n) is 4.10. The maximum Gasteiger partial charge on any atom is 0.0794 e. The molecule has 1 atom stereocenters. The number of nitrogens with one attached hydrogen (secondary N) is 2. The van der Waals surface area contributed by atoms with E-state index in [1.54, 1.807) is 11.3 Å². The molecule has 1 fully saturated rings. The highest BCUT2D eigenvalue weighted by Gasteiger charge is 2.18. The van der Waals surface area contributed by atoms with Crippen LogP contribution in [0.15, 0.2) is 23.7 Å². The largest absolute Gasteiger partial charge is 0.311 e. The highest BCUT2D eigenvalue weighted by Crippen LogP contribution is 2.25. The lowest BCUT2D eigenvalue weighted by Gasteiger charge is -2.32. The average molecular weight is 290 g/mol. The number of piperidine rings is 1. The predicted molar refractivity (Wildman–Crippen MR) is 83.9 cm³/mol. The third-order valence-corrected chi connectivity index (χ3v) is 4.99. The van der Waals surface area contributed by atoms with Gasteiger partial charge in [0.2, 0.25) is 0 Å². The number of thiophene rings is 1. The average Bonchev–Trinajstić information content (AvgIpc) is 3.11. The maximum atomic E-state index is 4.19. The molecule has 1 aliphatic rings. The van der Waals surface area contributed by atoms with Crippen LogP contribution in [0.4, 0.5) is 0 Å². The number of H-pyrrole nitrogens is 1. The molecular formula is C15H22N4S. The molecule has 20 heavy (non-hydrogen) atoms. The van der Waals surface area contributed by atoms with Crippen LogP contribution >= 0.6 is 11.3 Å². The second-order valence-corrected chi connectivity index (χ2v) is 6.46. The topological polar surface area (TPSA) is 44.0 Å². The molecule has 108 valence electrons. The molecule has 5 heteroatoms. The number of nitrogens with zero attached hydrogens (tertiary/aromatic N) is 2. The minimum Gasteiger partial charge on any atom is -0.311 e. The van der Waals surface area contributed by atoms with Gasteiger partial charge < -0.3 is 10.2 Å². The van der Waals surface area contributed by atoms with Crippen LogP contribution in [0, 0.1) is 0 Å². The Morgan fingerprint density at radius 3 is 3.25 bits per heavy atom. The fourth-order valence-electron chi connectivity index (χ4n) is 2.85. The SMILES string of the molecule is CN1CCCCC1CNCc1cn[nH]c1-c1cccs1. The molecule has 2 N–H and O–H groups in total. The van der Waals surface area contributed by atoms with E-state index in [1.165, 1.54) is 36.2 Å². The smallest absolute Gasteiger partial charge is 0.0794 e. The molecule has 0 saturated carbocycles. The van der Waals surface area contributed by atoms with E-state index in [4.69, 9.17) is 0 Å². The Labute approximate surface area is 124 Å². The molecule has 0 amide bonds. The third kappa shape index (κ3) is 3.11. The summed E-state index contributed by atoms with van der Waals surface area (Å²) in [5, 5.41) is 13.0. The van der Waals surface area contributed by atoms with Gasteiger partial charge in [0.05, 0.1) is 16.8 Å². The minimum atomic E-state index is 0.681. The normalized spacial score (nSPS) is 20.4. The van der Waals surface area contributed by atoms with Crippen molar-refractivity contribution in [2.24, 2.45) is 0 Å². The summed E-state index contributed by atoms with van der Waals surface area (Å²) in [7, 11) is 2.24. The van der Waals surface area contributed by atoms with Crippen LogP contribution in [0.25, 0.3) is 10.6 Å². The van der Waals surface area contributed by atoms with Gasteiger partial charge in [-0.3, -0.25) is 5.10 Å². The van der Waals surface area contributed by atoms with Crippen molar-refractivity contribution < 1.29 is 0 Å². The summed E-state index contributed by atoms with van der Waals surface area (Å²) < 4.78 is 0. The zero-order chi connectivity index (χ0) is 13.8. The number of likely N-dealkylation sites (tertiary alicyclic amines) is 1. The molecule has 0 aliphatic carbocycles. The van der Waals surface area contributed by atoms with Gasteiger partial charge in [0.25, 0.3) is 0 Å². The summed E-state index contributed by atoms with van der Waals surface area (Å²) >= 11 is 1.75. The standard InChI is InChI=1S/C15H22N4S/c1-19-7-3-2-5-13(19)11-16-9-12-10-17-18-15(12)14-6-4-8-20-14/h4,6,8,10,13,16H,2-3,5,7,9,11H2,1H3,(H,17,18). The Balaban J connectivity index is 1.55. The van der Waals surface area contributed by atoms with Gasteiger partial charge >= 0.3 is 0 Å². The quantitative estimate of drug-likeness (QED) is 0.890. The lowest BCUT2D eigenvalue weighted by Crippen LogP contribution is -2.42. The molecule has 1 saturated heterocycles. The summed E-state index contributed by atoms with van der Waals surface area (Å²) in [6.45, 7) is 3.18. The monoisotopic (exact) mass is 290 g/mol. The zero-order valence-electron chi connectivity index (χ0n) is 11.9. The van der Waals surface area contributed by atoms with Crippen LogP contribution in [-0.4, -0.2) is 41.3 Å². The summed E-state index contributed by atoms with van der Waals surface area (Å²) in [5.41, 5.74) is 2.41. The molecule has 1 aliphatic heterocycles. The molecule has 0 radical (unpaired) electrons. The van der Waals surface area contributed by atoms with Gasteiger partial charge in [0.1, 0.15) is 0 Å². The highest BCUT2D eigenvalue weighted by atomic mass is 32.1. The number of likely N-dealkylation sites (N-methyl/N-ethyl adjacent to an activating group) is 1. The van der Waals surface area contributed by atoms with Crippen molar-refractivity contribution in [3.8, 4) is 10.6 Å². The first-order chi connectivity index (χ1) is 9.84. The summed E-state index contributed by atoms with van der Waals surface area (Å²) in [6, 6.07) is 4.90. The Morgan fingerprint density at radius 1 is 1.50 bits per heavy atom. The van der Waals surface area contributed by atoms with Gasteiger partial charge in [0.15, 0.2) is 0 Å². The first-order valence-corrected chi connectivity index (χ1v) is 8.19. The van der Waals surface area contributed by atoms with E-state index >= 15 is 0 Å². The van der Waals surface area contributed by atoms with Crippen molar-refractivity contribution in [1.29, 1.82) is 0 Å². The van der Waals surface area contributed by atoms with E-state index in [1.807, 2.05) is 6.20 Å². The van der Waals surface area contributed by atoms with Crippen LogP contribution in [0.3, 0.4) is 0 Å². The van der Waals surface area contributed by atoms with Crippen LogP contribution < -0.4 is 5.32 Å². The number of hydrogen-bond donors (Lipinski definition) is 2. The fourth-order valence-corrected chi connectivity index (χ4v) is 3.61. The summed E-state index contributed by atoms with van der Waals surface area (Å²) in [6.07, 6.45) is 5.96. The Morgan fingerprint density at radius 2 is 2.45 bits per heavy atom. The van der Waals surface area contributed by atoms with Crippen LogP contribution in [0.2, 0.25) is 0 Å². The Hall–Kier alpha value is -1.17. The molecule has 1 unspecified atom stereocenters. The van der Waals surface area contributed by atoms with Crippen molar-refractivity contribution in [1.82, 2.24) is 20.4 Å². The molecule has 2 aromatic heterocycles. The number of aromatic amines is 1. The zero-order valence-corrected chi connectivity index (χ0v) is 12.7. The molecule has 0 spiro atoms. The second kappa shape index (κ2) is 6.52. The Bertz CT molecular complexity index is 520. The van der Waals surface area contributed by atoms with Gasteiger partial charge in [0, 0.05) is 24.7 Å². The Kier molecular flexibility index (Phi) is 4.50. The first kappa shape index (κ1) is 13.8. The van der Waals surface area contributed by atoms with Crippen LogP contribution in [0.1, 0.15) is 24.8 Å². The van der Waals surface area contributed by atoms with Gasteiger partial charge in [-0.05, 0) is 37.9 Å². The van der Waals surface area contributed by atoms with Crippen molar-refractivity contribution >= 4 is 11.3 Å². The molecule has 0 bridgehead atoms. The van der Waals surface area contributed by atoms with Crippen molar-refractivity contribution in [3.05, 3.63) is 29.3 Å². The molecule has 2 aromatic rings. The lowest BCUT2D eigenvalue weighted by atomic mass is 10.0. The fraction of sp³-hybridized carbons (Fsp3) is 0.533. The van der Waals surface area contributed by atoms with E-state index in [0.29, 0.717) is 6.04 Å². The van der Waals surface area contributed by atoms with Crippen LogP contribution in [-0.2, 0) is 6.54 Å². The molecule has 4 nitrogen and oxygen atoms in total. The summed E-state index contributed by atoms with van der Waals surface area (Å²) in [5.74, 6) is 0. The lowest BCUT2D eigenvalue weighted by molar-refractivity contribution is 0.181. The van der Waals surface area contributed by atoms with Crippen molar-refractivity contribution in [2.45, 2.75) is 31.8 Å². The number of aromatic nitrogens is 2. The van der Waals surface area contributed by atoms with E-state index in [-0.39, 0.29) is 0 Å². The van der Waals surface area contributed by atoms with Gasteiger partial charge in [-0.15, -0.1) is 11.3 Å². The predicted octanol–water partition coefficient (Wildman–Crippen LogP) is 2.71. The minimum absolute atomic E-state index is 0.681. The van der Waals surface area contributed by atoms with Crippen LogP contribution in [0.5, 0.6) is 0 Å². The van der Waals surface area contributed by atoms with Crippen molar-refractivity contribution in [3.63, 3.8) is 0 Å².